The van der Waals surface area contributed by atoms with Crippen molar-refractivity contribution >= 4 is 10.0 Å². The van der Waals surface area contributed by atoms with Crippen molar-refractivity contribution < 1.29 is 13.2 Å². The molecular weight excluding hydrogens is 288 g/mol. The van der Waals surface area contributed by atoms with Gasteiger partial charge in [-0.2, -0.15) is 0 Å². The summed E-state index contributed by atoms with van der Waals surface area (Å²) in [5.41, 5.74) is 0. The van der Waals surface area contributed by atoms with Gasteiger partial charge in [-0.1, -0.05) is 13.3 Å². The zero-order valence-corrected chi connectivity index (χ0v) is 13.4. The highest BCUT2D eigenvalue weighted by Gasteiger charge is 2.38. The maximum absolute atomic E-state index is 12.2. The molecule has 1 aromatic carbocycles. The lowest BCUT2D eigenvalue weighted by atomic mass is 10.3. The molecule has 1 aliphatic carbocycles. The molecule has 0 aliphatic heterocycles. The summed E-state index contributed by atoms with van der Waals surface area (Å²) >= 11 is 0. The number of benzene rings is 1. The molecular formula is C15H24N2O3S. The molecule has 0 spiro atoms. The number of nitrogens with one attached hydrogen (secondary N) is 2. The van der Waals surface area contributed by atoms with Crippen molar-refractivity contribution in [3.8, 4) is 5.75 Å². The fourth-order valence-electron chi connectivity index (χ4n) is 2.26. The van der Waals surface area contributed by atoms with Crippen molar-refractivity contribution in [2.24, 2.45) is 5.92 Å². The minimum atomic E-state index is -3.40. The van der Waals surface area contributed by atoms with E-state index in [4.69, 9.17) is 4.74 Å². The third kappa shape index (κ3) is 4.69. The van der Waals surface area contributed by atoms with Gasteiger partial charge in [0.25, 0.3) is 0 Å². The van der Waals surface area contributed by atoms with Crippen LogP contribution in [0.4, 0.5) is 0 Å². The van der Waals surface area contributed by atoms with Crippen molar-refractivity contribution in [2.75, 3.05) is 20.2 Å². The molecule has 21 heavy (non-hydrogen) atoms. The molecule has 6 heteroatoms. The van der Waals surface area contributed by atoms with Gasteiger partial charge in [-0.15, -0.1) is 0 Å². The van der Waals surface area contributed by atoms with E-state index in [1.54, 1.807) is 24.3 Å². The first kappa shape index (κ1) is 16.3. The third-order valence-corrected chi connectivity index (χ3v) is 5.23. The van der Waals surface area contributed by atoms with Gasteiger partial charge >= 0.3 is 0 Å². The molecule has 1 fully saturated rings. The summed E-state index contributed by atoms with van der Waals surface area (Å²) in [5.74, 6) is 1.19. The standard InChI is InChI=1S/C15H24N2O3S/c1-3-12-11-15(12)17-21(18,19)14-7-5-13(6-8-14)20-10-4-9-16-2/h5-8,12,15-17H,3-4,9-11H2,1-2H3. The van der Waals surface area contributed by atoms with E-state index in [0.717, 1.165) is 25.8 Å². The first-order chi connectivity index (χ1) is 10.1. The summed E-state index contributed by atoms with van der Waals surface area (Å²) in [5, 5.41) is 3.05. The normalized spacial score (nSPS) is 21.2. The fourth-order valence-corrected chi connectivity index (χ4v) is 3.58. The Morgan fingerprint density at radius 3 is 2.57 bits per heavy atom. The van der Waals surface area contributed by atoms with Crippen LogP contribution in [0.15, 0.2) is 29.2 Å². The van der Waals surface area contributed by atoms with Crippen LogP contribution in [0.5, 0.6) is 5.75 Å². The van der Waals surface area contributed by atoms with Gasteiger partial charge < -0.3 is 10.1 Å². The molecule has 2 N–H and O–H groups in total. The Hall–Kier alpha value is -1.11. The van der Waals surface area contributed by atoms with Crippen LogP contribution in [0.3, 0.4) is 0 Å². The monoisotopic (exact) mass is 312 g/mol. The number of hydrogen-bond donors (Lipinski definition) is 2. The Bertz CT molecular complexity index is 543. The smallest absolute Gasteiger partial charge is 0.240 e. The second kappa shape index (κ2) is 7.24. The van der Waals surface area contributed by atoms with Crippen molar-refractivity contribution in [3.63, 3.8) is 0 Å². The van der Waals surface area contributed by atoms with Crippen LogP contribution in [-0.4, -0.2) is 34.7 Å². The summed E-state index contributed by atoms with van der Waals surface area (Å²) in [6.45, 7) is 3.60. The predicted molar refractivity (Wildman–Crippen MR) is 83.0 cm³/mol. The summed E-state index contributed by atoms with van der Waals surface area (Å²) in [4.78, 5) is 0.298. The highest BCUT2D eigenvalue weighted by Crippen LogP contribution is 2.34. The zero-order chi connectivity index (χ0) is 15.3. The van der Waals surface area contributed by atoms with Crippen molar-refractivity contribution in [2.45, 2.75) is 37.1 Å². The van der Waals surface area contributed by atoms with E-state index in [-0.39, 0.29) is 6.04 Å². The second-order valence-electron chi connectivity index (χ2n) is 5.41. The lowest BCUT2D eigenvalue weighted by molar-refractivity contribution is 0.309. The van der Waals surface area contributed by atoms with E-state index >= 15 is 0 Å². The Kier molecular flexibility index (Phi) is 5.61. The van der Waals surface area contributed by atoms with E-state index in [1.807, 2.05) is 7.05 Å². The molecule has 1 aliphatic rings. The Labute approximate surface area is 127 Å². The van der Waals surface area contributed by atoms with Crippen LogP contribution in [0, 0.1) is 5.92 Å². The van der Waals surface area contributed by atoms with E-state index in [9.17, 15) is 8.42 Å². The highest BCUT2D eigenvalue weighted by atomic mass is 32.2. The zero-order valence-electron chi connectivity index (χ0n) is 12.6. The van der Waals surface area contributed by atoms with Crippen LogP contribution in [-0.2, 0) is 10.0 Å². The first-order valence-corrected chi connectivity index (χ1v) is 8.95. The minimum absolute atomic E-state index is 0.109. The van der Waals surface area contributed by atoms with Gasteiger partial charge in [0.2, 0.25) is 10.0 Å². The molecule has 2 rings (SSSR count). The predicted octanol–water partition coefficient (Wildman–Crippen LogP) is 1.75. The Morgan fingerprint density at radius 2 is 2.00 bits per heavy atom. The Balaban J connectivity index is 1.88. The Morgan fingerprint density at radius 1 is 1.29 bits per heavy atom. The molecule has 0 saturated heterocycles. The fraction of sp³-hybridized carbons (Fsp3) is 0.600. The van der Waals surface area contributed by atoms with Gasteiger partial charge in [0.15, 0.2) is 0 Å². The molecule has 0 amide bonds. The number of sulfonamides is 1. The van der Waals surface area contributed by atoms with Gasteiger partial charge in [-0.25, -0.2) is 13.1 Å². The second-order valence-corrected chi connectivity index (χ2v) is 7.12. The third-order valence-electron chi connectivity index (χ3n) is 3.73. The highest BCUT2D eigenvalue weighted by molar-refractivity contribution is 7.89. The van der Waals surface area contributed by atoms with Crippen LogP contribution in [0.25, 0.3) is 0 Å². The molecule has 2 unspecified atom stereocenters. The average molecular weight is 312 g/mol. The molecule has 2 atom stereocenters. The summed E-state index contributed by atoms with van der Waals surface area (Å²) < 4.78 is 32.7. The largest absolute Gasteiger partial charge is 0.494 e. The van der Waals surface area contributed by atoms with Crippen molar-refractivity contribution in [1.29, 1.82) is 0 Å². The van der Waals surface area contributed by atoms with Crippen molar-refractivity contribution in [3.05, 3.63) is 24.3 Å². The van der Waals surface area contributed by atoms with Gasteiger partial charge in [0.1, 0.15) is 5.75 Å². The first-order valence-electron chi connectivity index (χ1n) is 7.46. The summed E-state index contributed by atoms with van der Waals surface area (Å²) in [6.07, 6.45) is 2.88. The molecule has 0 aromatic heterocycles. The molecule has 5 nitrogen and oxygen atoms in total. The topological polar surface area (TPSA) is 67.4 Å². The van der Waals surface area contributed by atoms with Gasteiger partial charge in [-0.3, -0.25) is 0 Å². The molecule has 0 bridgehead atoms. The molecule has 0 heterocycles. The maximum Gasteiger partial charge on any atom is 0.240 e. The molecule has 118 valence electrons. The summed E-state index contributed by atoms with van der Waals surface area (Å²) in [7, 11) is -1.50. The van der Waals surface area contributed by atoms with Gasteiger partial charge in [0.05, 0.1) is 11.5 Å². The SMILES string of the molecule is CCC1CC1NS(=O)(=O)c1ccc(OCCCNC)cc1. The molecule has 1 aromatic rings. The van der Waals surface area contributed by atoms with E-state index in [0.29, 0.717) is 23.2 Å². The maximum atomic E-state index is 12.2. The van der Waals surface area contributed by atoms with Crippen molar-refractivity contribution in [1.82, 2.24) is 10.0 Å². The number of rotatable bonds is 9. The van der Waals surface area contributed by atoms with E-state index in [2.05, 4.69) is 17.0 Å². The molecule has 1 saturated carbocycles. The van der Waals surface area contributed by atoms with Crippen LogP contribution < -0.4 is 14.8 Å². The average Bonchev–Trinajstić information content (AvgIpc) is 3.21. The van der Waals surface area contributed by atoms with Gasteiger partial charge in [0, 0.05) is 6.04 Å². The molecule has 0 radical (unpaired) electrons. The van der Waals surface area contributed by atoms with Gasteiger partial charge in [-0.05, 0) is 56.6 Å². The lowest BCUT2D eigenvalue weighted by Gasteiger charge is -2.09. The number of ether oxygens (including phenoxy) is 1. The number of hydrogen-bond acceptors (Lipinski definition) is 4. The lowest BCUT2D eigenvalue weighted by Crippen LogP contribution is -2.27. The van der Waals surface area contributed by atoms with Crippen LogP contribution in [0.1, 0.15) is 26.2 Å². The van der Waals surface area contributed by atoms with E-state index in [1.165, 1.54) is 0 Å². The van der Waals surface area contributed by atoms with Crippen LogP contribution >= 0.6 is 0 Å². The summed E-state index contributed by atoms with van der Waals surface area (Å²) in [6, 6.07) is 6.71. The minimum Gasteiger partial charge on any atom is -0.494 e. The van der Waals surface area contributed by atoms with E-state index < -0.39 is 10.0 Å². The van der Waals surface area contributed by atoms with Crippen LogP contribution in [0.2, 0.25) is 0 Å². The quantitative estimate of drug-likeness (QED) is 0.682.